The second-order valence-electron chi connectivity index (χ2n) is 4.52. The summed E-state index contributed by atoms with van der Waals surface area (Å²) < 4.78 is 0. The van der Waals surface area contributed by atoms with Gasteiger partial charge in [0.1, 0.15) is 0 Å². The first-order valence-corrected chi connectivity index (χ1v) is 5.76. The Bertz CT molecular complexity index is 389. The molecule has 86 valence electrons. The Balaban J connectivity index is 2.28. The van der Waals surface area contributed by atoms with E-state index >= 15 is 0 Å². The first kappa shape index (κ1) is 11.1. The molecule has 1 aromatic rings. The van der Waals surface area contributed by atoms with Crippen LogP contribution in [0.15, 0.2) is 24.3 Å². The Morgan fingerprint density at radius 2 is 2.06 bits per heavy atom. The third-order valence-electron chi connectivity index (χ3n) is 3.35. The van der Waals surface area contributed by atoms with Gasteiger partial charge in [0.05, 0.1) is 5.56 Å². The second kappa shape index (κ2) is 4.66. The van der Waals surface area contributed by atoms with Gasteiger partial charge in [-0.1, -0.05) is 24.6 Å². The van der Waals surface area contributed by atoms with E-state index in [0.717, 1.165) is 31.2 Å². The van der Waals surface area contributed by atoms with Gasteiger partial charge in [0.15, 0.2) is 0 Å². The van der Waals surface area contributed by atoms with Crippen molar-refractivity contribution < 1.29 is 9.90 Å². The summed E-state index contributed by atoms with van der Waals surface area (Å²) >= 11 is 0. The molecular formula is C13H17NO2. The highest BCUT2D eigenvalue weighted by atomic mass is 16.4. The predicted octanol–water partition coefficient (Wildman–Crippen LogP) is 2.37. The zero-order valence-electron chi connectivity index (χ0n) is 9.23. The van der Waals surface area contributed by atoms with Crippen molar-refractivity contribution in [2.24, 2.45) is 5.73 Å². The van der Waals surface area contributed by atoms with Gasteiger partial charge in [0.2, 0.25) is 0 Å². The van der Waals surface area contributed by atoms with Gasteiger partial charge in [0.25, 0.3) is 0 Å². The zero-order valence-corrected chi connectivity index (χ0v) is 9.23. The van der Waals surface area contributed by atoms with Gasteiger partial charge < -0.3 is 10.8 Å². The van der Waals surface area contributed by atoms with Crippen LogP contribution in [-0.4, -0.2) is 17.1 Å². The molecule has 1 fully saturated rings. The van der Waals surface area contributed by atoms with Crippen molar-refractivity contribution in [2.45, 2.75) is 37.6 Å². The average molecular weight is 219 g/mol. The number of carboxylic acids is 1. The van der Waals surface area contributed by atoms with Crippen LogP contribution in [0.1, 0.15) is 47.5 Å². The lowest BCUT2D eigenvalue weighted by molar-refractivity contribution is 0.0694. The Hall–Kier alpha value is -1.35. The normalized spacial score (nSPS) is 25.3. The van der Waals surface area contributed by atoms with E-state index in [9.17, 15) is 4.79 Å². The number of hydrogen-bond donors (Lipinski definition) is 2. The van der Waals surface area contributed by atoms with E-state index in [4.69, 9.17) is 10.8 Å². The molecule has 0 spiro atoms. The maximum atomic E-state index is 11.1. The van der Waals surface area contributed by atoms with E-state index in [0.29, 0.717) is 11.5 Å². The van der Waals surface area contributed by atoms with Crippen LogP contribution in [0.2, 0.25) is 0 Å². The summed E-state index contributed by atoms with van der Waals surface area (Å²) in [5, 5.41) is 9.13. The standard InChI is InChI=1S/C13H17NO2/c14-10-5-3-4-9(8-10)11-6-1-2-7-12(11)13(15)16/h1-2,6-7,9-10H,3-5,8,14H2,(H,15,16). The van der Waals surface area contributed by atoms with Gasteiger partial charge in [-0.3, -0.25) is 0 Å². The topological polar surface area (TPSA) is 63.3 Å². The number of carboxylic acid groups (broad SMARTS) is 1. The molecule has 1 aliphatic carbocycles. The third-order valence-corrected chi connectivity index (χ3v) is 3.35. The Morgan fingerprint density at radius 1 is 1.31 bits per heavy atom. The quantitative estimate of drug-likeness (QED) is 0.802. The molecule has 3 N–H and O–H groups in total. The van der Waals surface area contributed by atoms with Crippen molar-refractivity contribution in [2.75, 3.05) is 0 Å². The molecule has 3 heteroatoms. The van der Waals surface area contributed by atoms with Gasteiger partial charge in [-0.25, -0.2) is 4.79 Å². The zero-order chi connectivity index (χ0) is 11.5. The molecule has 1 saturated carbocycles. The molecular weight excluding hydrogens is 202 g/mol. The minimum absolute atomic E-state index is 0.223. The van der Waals surface area contributed by atoms with Crippen LogP contribution in [0.25, 0.3) is 0 Å². The minimum atomic E-state index is -0.838. The maximum Gasteiger partial charge on any atom is 0.335 e. The first-order valence-electron chi connectivity index (χ1n) is 5.76. The molecule has 0 aliphatic heterocycles. The van der Waals surface area contributed by atoms with Crippen molar-refractivity contribution in [3.05, 3.63) is 35.4 Å². The van der Waals surface area contributed by atoms with E-state index in [1.807, 2.05) is 12.1 Å². The summed E-state index contributed by atoms with van der Waals surface area (Å²) in [4.78, 5) is 11.1. The highest BCUT2D eigenvalue weighted by Gasteiger charge is 2.24. The van der Waals surface area contributed by atoms with Crippen molar-refractivity contribution in [3.8, 4) is 0 Å². The van der Waals surface area contributed by atoms with Crippen LogP contribution in [-0.2, 0) is 0 Å². The fourth-order valence-electron chi connectivity index (χ4n) is 2.56. The van der Waals surface area contributed by atoms with E-state index < -0.39 is 5.97 Å². The molecule has 2 atom stereocenters. The number of rotatable bonds is 2. The lowest BCUT2D eigenvalue weighted by Gasteiger charge is -2.27. The molecule has 2 unspecified atom stereocenters. The van der Waals surface area contributed by atoms with Crippen LogP contribution >= 0.6 is 0 Å². The molecule has 1 aliphatic rings. The van der Waals surface area contributed by atoms with Crippen molar-refractivity contribution in [1.82, 2.24) is 0 Å². The minimum Gasteiger partial charge on any atom is -0.478 e. The van der Waals surface area contributed by atoms with E-state index in [1.54, 1.807) is 12.1 Å². The molecule has 0 heterocycles. The molecule has 0 saturated heterocycles. The number of carbonyl (C=O) groups is 1. The van der Waals surface area contributed by atoms with Gasteiger partial charge in [0, 0.05) is 6.04 Å². The Kier molecular flexibility index (Phi) is 3.25. The summed E-state index contributed by atoms with van der Waals surface area (Å²) in [5.41, 5.74) is 7.32. The van der Waals surface area contributed by atoms with E-state index in [1.165, 1.54) is 0 Å². The van der Waals surface area contributed by atoms with Crippen LogP contribution in [0.3, 0.4) is 0 Å². The van der Waals surface area contributed by atoms with Gasteiger partial charge in [-0.2, -0.15) is 0 Å². The number of hydrogen-bond acceptors (Lipinski definition) is 2. The van der Waals surface area contributed by atoms with Crippen LogP contribution in [0, 0.1) is 0 Å². The predicted molar refractivity (Wildman–Crippen MR) is 62.6 cm³/mol. The molecule has 0 aromatic heterocycles. The monoisotopic (exact) mass is 219 g/mol. The number of aromatic carboxylic acids is 1. The van der Waals surface area contributed by atoms with E-state index in [-0.39, 0.29) is 6.04 Å². The van der Waals surface area contributed by atoms with Gasteiger partial charge in [-0.15, -0.1) is 0 Å². The molecule has 2 rings (SSSR count). The summed E-state index contributed by atoms with van der Waals surface area (Å²) in [5.74, 6) is -0.522. The van der Waals surface area contributed by atoms with Crippen LogP contribution < -0.4 is 5.73 Å². The van der Waals surface area contributed by atoms with Crippen LogP contribution in [0.5, 0.6) is 0 Å². The molecule has 1 aromatic carbocycles. The summed E-state index contributed by atoms with van der Waals surface area (Å²) in [6.45, 7) is 0. The molecule has 0 bridgehead atoms. The largest absolute Gasteiger partial charge is 0.478 e. The Labute approximate surface area is 95.3 Å². The molecule has 0 radical (unpaired) electrons. The van der Waals surface area contributed by atoms with Crippen LogP contribution in [0.4, 0.5) is 0 Å². The lowest BCUT2D eigenvalue weighted by atomic mass is 9.80. The van der Waals surface area contributed by atoms with Gasteiger partial charge >= 0.3 is 5.97 Å². The third kappa shape index (κ3) is 2.25. The maximum absolute atomic E-state index is 11.1. The Morgan fingerprint density at radius 3 is 2.75 bits per heavy atom. The fraction of sp³-hybridized carbons (Fsp3) is 0.462. The van der Waals surface area contributed by atoms with Crippen molar-refractivity contribution in [3.63, 3.8) is 0 Å². The van der Waals surface area contributed by atoms with Crippen molar-refractivity contribution in [1.29, 1.82) is 0 Å². The first-order chi connectivity index (χ1) is 7.68. The average Bonchev–Trinajstić information content (AvgIpc) is 2.29. The lowest BCUT2D eigenvalue weighted by Crippen LogP contribution is -2.27. The smallest absolute Gasteiger partial charge is 0.335 e. The highest BCUT2D eigenvalue weighted by molar-refractivity contribution is 5.89. The second-order valence-corrected chi connectivity index (χ2v) is 4.52. The molecule has 0 amide bonds. The van der Waals surface area contributed by atoms with Crippen molar-refractivity contribution >= 4 is 5.97 Å². The van der Waals surface area contributed by atoms with Gasteiger partial charge in [-0.05, 0) is 36.8 Å². The number of nitrogens with two attached hydrogens (primary N) is 1. The molecule has 16 heavy (non-hydrogen) atoms. The summed E-state index contributed by atoms with van der Waals surface area (Å²) in [6, 6.07) is 7.50. The SMILES string of the molecule is NC1CCCC(c2ccccc2C(=O)O)C1. The van der Waals surface area contributed by atoms with E-state index in [2.05, 4.69) is 0 Å². The highest BCUT2D eigenvalue weighted by Crippen LogP contribution is 2.33. The number of benzene rings is 1. The fourth-order valence-corrected chi connectivity index (χ4v) is 2.56. The summed E-state index contributed by atoms with van der Waals surface area (Å²) in [7, 11) is 0. The molecule has 3 nitrogen and oxygen atoms in total. The summed E-state index contributed by atoms with van der Waals surface area (Å²) in [6.07, 6.45) is 4.12.